The van der Waals surface area contributed by atoms with Gasteiger partial charge in [0.15, 0.2) is 6.10 Å². The van der Waals surface area contributed by atoms with E-state index in [0.717, 1.165) is 0 Å². The molecule has 2 atom stereocenters. The zero-order valence-corrected chi connectivity index (χ0v) is 17.6. The third-order valence-electron chi connectivity index (χ3n) is 3.33. The number of amides is 2. The van der Waals surface area contributed by atoms with Gasteiger partial charge in [0.05, 0.1) is 4.90 Å². The average molecular weight is 413 g/mol. The summed E-state index contributed by atoms with van der Waals surface area (Å²) < 4.78 is 32.0. The van der Waals surface area contributed by atoms with Crippen LogP contribution in [-0.2, 0) is 29.1 Å². The highest BCUT2D eigenvalue weighted by molar-refractivity contribution is 7.89. The van der Waals surface area contributed by atoms with Crippen molar-refractivity contribution in [2.45, 2.75) is 64.1 Å². The quantitative estimate of drug-likeness (QED) is 0.575. The van der Waals surface area contributed by atoms with Crippen LogP contribution in [0.2, 0.25) is 0 Å². The third-order valence-corrected chi connectivity index (χ3v) is 4.89. The smallest absolute Gasteiger partial charge is 0.324 e. The Labute approximate surface area is 165 Å². The normalized spacial score (nSPS) is 13.9. The van der Waals surface area contributed by atoms with E-state index in [-0.39, 0.29) is 10.8 Å². The van der Waals surface area contributed by atoms with E-state index < -0.39 is 39.6 Å². The van der Waals surface area contributed by atoms with Crippen LogP contribution >= 0.6 is 0 Å². The Morgan fingerprint density at radius 3 is 2.04 bits per heavy atom. The van der Waals surface area contributed by atoms with Crippen molar-refractivity contribution in [3.05, 3.63) is 24.3 Å². The van der Waals surface area contributed by atoms with E-state index in [2.05, 4.69) is 15.4 Å². The molecule has 28 heavy (non-hydrogen) atoms. The van der Waals surface area contributed by atoms with E-state index in [1.165, 1.54) is 45.0 Å². The van der Waals surface area contributed by atoms with Crippen molar-refractivity contribution in [2.24, 2.45) is 0 Å². The fraction of sp³-hybridized carbons (Fsp3) is 0.500. The molecule has 9 nitrogen and oxygen atoms in total. The van der Waals surface area contributed by atoms with Gasteiger partial charge < -0.3 is 15.4 Å². The maximum Gasteiger partial charge on any atom is 0.324 e. The molecule has 156 valence electrons. The molecule has 0 radical (unpaired) electrons. The van der Waals surface area contributed by atoms with Gasteiger partial charge in [-0.2, -0.15) is 4.72 Å². The molecule has 0 aromatic heterocycles. The van der Waals surface area contributed by atoms with Gasteiger partial charge in [-0.3, -0.25) is 14.4 Å². The van der Waals surface area contributed by atoms with Crippen LogP contribution in [0.4, 0.5) is 5.69 Å². The summed E-state index contributed by atoms with van der Waals surface area (Å²) in [6, 6.07) is 4.25. The van der Waals surface area contributed by atoms with Crippen LogP contribution in [0.15, 0.2) is 29.2 Å². The summed E-state index contributed by atoms with van der Waals surface area (Å²) in [5.74, 6) is -1.64. The zero-order valence-electron chi connectivity index (χ0n) is 16.8. The van der Waals surface area contributed by atoms with E-state index in [9.17, 15) is 22.8 Å². The number of carbonyl (C=O) groups is 3. The average Bonchev–Trinajstić information content (AvgIpc) is 2.52. The van der Waals surface area contributed by atoms with Gasteiger partial charge in [-0.1, -0.05) is 0 Å². The van der Waals surface area contributed by atoms with Gasteiger partial charge >= 0.3 is 5.97 Å². The summed E-state index contributed by atoms with van der Waals surface area (Å²) in [7, 11) is -4.00. The molecular formula is C18H27N3O6S. The first-order valence-corrected chi connectivity index (χ1v) is 10.1. The van der Waals surface area contributed by atoms with Crippen LogP contribution < -0.4 is 15.4 Å². The lowest BCUT2D eigenvalue weighted by atomic mass is 10.1. The summed E-state index contributed by atoms with van der Waals surface area (Å²) in [6.45, 7) is 9.41. The Morgan fingerprint density at radius 1 is 1.04 bits per heavy atom. The number of carbonyl (C=O) groups excluding carboxylic acids is 3. The number of ether oxygens (including phenoxy) is 1. The van der Waals surface area contributed by atoms with Gasteiger partial charge in [0, 0.05) is 18.2 Å². The highest BCUT2D eigenvalue weighted by Crippen LogP contribution is 2.14. The van der Waals surface area contributed by atoms with Crippen LogP contribution in [0.25, 0.3) is 0 Å². The second-order valence-electron chi connectivity index (χ2n) is 7.37. The van der Waals surface area contributed by atoms with Crippen LogP contribution in [0.5, 0.6) is 0 Å². The number of nitrogens with one attached hydrogen (secondary N) is 3. The van der Waals surface area contributed by atoms with E-state index in [4.69, 9.17) is 4.74 Å². The van der Waals surface area contributed by atoms with E-state index in [1.807, 2.05) is 0 Å². The Bertz CT molecular complexity index is 828. The van der Waals surface area contributed by atoms with Crippen LogP contribution in [-0.4, -0.2) is 43.9 Å². The first kappa shape index (κ1) is 23.6. The van der Waals surface area contributed by atoms with Crippen LogP contribution in [0.1, 0.15) is 41.5 Å². The lowest BCUT2D eigenvalue weighted by Gasteiger charge is -2.24. The van der Waals surface area contributed by atoms with Gasteiger partial charge in [-0.05, 0) is 58.9 Å². The summed E-state index contributed by atoms with van der Waals surface area (Å²) >= 11 is 0. The standard InChI is InChI=1S/C18H27N3O6S/c1-11(17(24)27-12(2)16(23)20-18(4,5)6)21-28(25,26)15-9-7-14(8-10-15)19-13(3)22/h7-12,21H,1-6H3,(H,19,22)(H,20,23)/t11-,12-/m0/s1. The van der Waals surface area contributed by atoms with E-state index in [1.54, 1.807) is 20.8 Å². The van der Waals surface area contributed by atoms with Crippen molar-refractivity contribution < 1.29 is 27.5 Å². The number of hydrogen-bond donors (Lipinski definition) is 3. The van der Waals surface area contributed by atoms with Crippen molar-refractivity contribution in [1.82, 2.24) is 10.0 Å². The summed E-state index contributed by atoms with van der Waals surface area (Å²) in [4.78, 5) is 35.0. The molecule has 0 aliphatic rings. The highest BCUT2D eigenvalue weighted by atomic mass is 32.2. The lowest BCUT2D eigenvalue weighted by molar-refractivity contribution is -0.156. The third kappa shape index (κ3) is 7.65. The number of hydrogen-bond acceptors (Lipinski definition) is 6. The molecule has 1 aromatic rings. The molecule has 0 bridgehead atoms. The van der Waals surface area contributed by atoms with Crippen molar-refractivity contribution in [1.29, 1.82) is 0 Å². The predicted octanol–water partition coefficient (Wildman–Crippen LogP) is 1.16. The van der Waals surface area contributed by atoms with Gasteiger partial charge in [-0.25, -0.2) is 8.42 Å². The Balaban J connectivity index is 2.74. The molecule has 0 saturated heterocycles. The molecule has 10 heteroatoms. The molecule has 1 rings (SSSR count). The van der Waals surface area contributed by atoms with Gasteiger partial charge in [-0.15, -0.1) is 0 Å². The van der Waals surface area contributed by atoms with Crippen LogP contribution in [0.3, 0.4) is 0 Å². The first-order chi connectivity index (χ1) is 12.7. The number of anilines is 1. The number of rotatable bonds is 7. The van der Waals surface area contributed by atoms with Crippen molar-refractivity contribution in [3.63, 3.8) is 0 Å². The van der Waals surface area contributed by atoms with Gasteiger partial charge in [0.1, 0.15) is 6.04 Å². The van der Waals surface area contributed by atoms with E-state index >= 15 is 0 Å². The van der Waals surface area contributed by atoms with Gasteiger partial charge in [0.25, 0.3) is 5.91 Å². The largest absolute Gasteiger partial charge is 0.451 e. The number of esters is 1. The first-order valence-electron chi connectivity index (χ1n) is 8.64. The summed E-state index contributed by atoms with van der Waals surface area (Å²) in [5.41, 5.74) is -0.0495. The Hall–Kier alpha value is -2.46. The van der Waals surface area contributed by atoms with Crippen molar-refractivity contribution in [3.8, 4) is 0 Å². The molecule has 0 fully saturated rings. The minimum absolute atomic E-state index is 0.0835. The second-order valence-corrected chi connectivity index (χ2v) is 9.08. The summed E-state index contributed by atoms with van der Waals surface area (Å²) in [5, 5.41) is 5.20. The molecule has 0 heterocycles. The maximum absolute atomic E-state index is 12.4. The predicted molar refractivity (Wildman–Crippen MR) is 104 cm³/mol. The minimum Gasteiger partial charge on any atom is -0.451 e. The van der Waals surface area contributed by atoms with Crippen LogP contribution in [0, 0.1) is 0 Å². The molecule has 3 N–H and O–H groups in total. The van der Waals surface area contributed by atoms with Crippen molar-refractivity contribution >= 4 is 33.5 Å². The maximum atomic E-state index is 12.4. The van der Waals surface area contributed by atoms with E-state index in [0.29, 0.717) is 5.69 Å². The summed E-state index contributed by atoms with van der Waals surface area (Å²) in [6.07, 6.45) is -1.07. The molecule has 0 aliphatic heterocycles. The number of benzene rings is 1. The Kier molecular flexibility index (Phi) is 7.71. The van der Waals surface area contributed by atoms with Crippen molar-refractivity contribution in [2.75, 3.05) is 5.32 Å². The topological polar surface area (TPSA) is 131 Å². The molecule has 2 amide bonds. The number of sulfonamides is 1. The lowest BCUT2D eigenvalue weighted by Crippen LogP contribution is -2.48. The monoisotopic (exact) mass is 413 g/mol. The zero-order chi connectivity index (χ0) is 21.7. The molecule has 0 aliphatic carbocycles. The SMILES string of the molecule is CC(=O)Nc1ccc(S(=O)(=O)N[C@@H](C)C(=O)O[C@@H](C)C(=O)NC(C)(C)C)cc1. The fourth-order valence-corrected chi connectivity index (χ4v) is 3.26. The fourth-order valence-electron chi connectivity index (χ4n) is 2.07. The molecule has 0 spiro atoms. The molecule has 0 saturated carbocycles. The molecule has 0 unspecified atom stereocenters. The highest BCUT2D eigenvalue weighted by Gasteiger charge is 2.27. The molecular weight excluding hydrogens is 386 g/mol. The minimum atomic E-state index is -4.00. The Morgan fingerprint density at radius 2 is 1.57 bits per heavy atom. The molecule has 1 aromatic carbocycles. The van der Waals surface area contributed by atoms with Gasteiger partial charge in [0.2, 0.25) is 15.9 Å². The second kappa shape index (κ2) is 9.16.